The number of carboxylic acids is 1. The van der Waals surface area contributed by atoms with E-state index in [0.29, 0.717) is 15.6 Å². The molecule has 0 spiro atoms. The zero-order valence-electron chi connectivity index (χ0n) is 7.70. The summed E-state index contributed by atoms with van der Waals surface area (Å²) in [4.78, 5) is 10.5. The molecule has 2 N–H and O–H groups in total. The molecule has 0 aliphatic heterocycles. The molecule has 0 saturated heterocycles. The normalized spacial score (nSPS) is 9.67. The Labute approximate surface area is 94.9 Å². The molecule has 0 unspecified atom stereocenters. The van der Waals surface area contributed by atoms with Gasteiger partial charge in [-0.25, -0.2) is 0 Å². The summed E-state index contributed by atoms with van der Waals surface area (Å²) in [6.45, 7) is -0.295. The first kappa shape index (κ1) is 11.7. The SMILES string of the molecule is N#Cc1c(CC(=O)O)ccc(Br)c1CO. The number of nitriles is 1. The highest BCUT2D eigenvalue weighted by Crippen LogP contribution is 2.24. The first-order valence-corrected chi connectivity index (χ1v) is 4.92. The molecule has 0 fully saturated rings. The lowest BCUT2D eigenvalue weighted by Gasteiger charge is -2.07. The van der Waals surface area contributed by atoms with Gasteiger partial charge in [0.2, 0.25) is 0 Å². The molecular weight excluding hydrogens is 262 g/mol. The summed E-state index contributed by atoms with van der Waals surface area (Å²) in [5.41, 5.74) is 1.07. The summed E-state index contributed by atoms with van der Waals surface area (Å²) in [5, 5.41) is 26.6. The highest BCUT2D eigenvalue weighted by atomic mass is 79.9. The minimum absolute atomic E-state index is 0.219. The number of benzene rings is 1. The third-order valence-electron chi connectivity index (χ3n) is 1.95. The van der Waals surface area contributed by atoms with Crippen LogP contribution in [0.2, 0.25) is 0 Å². The third-order valence-corrected chi connectivity index (χ3v) is 2.70. The van der Waals surface area contributed by atoms with Crippen LogP contribution in [0.5, 0.6) is 0 Å². The fraction of sp³-hybridized carbons (Fsp3) is 0.200. The number of carbonyl (C=O) groups is 1. The predicted molar refractivity (Wildman–Crippen MR) is 56.1 cm³/mol. The highest BCUT2D eigenvalue weighted by molar-refractivity contribution is 9.10. The number of halogens is 1. The van der Waals surface area contributed by atoms with Crippen molar-refractivity contribution in [2.75, 3.05) is 0 Å². The molecule has 4 nitrogen and oxygen atoms in total. The summed E-state index contributed by atoms with van der Waals surface area (Å²) in [6, 6.07) is 5.10. The van der Waals surface area contributed by atoms with Crippen LogP contribution in [0.15, 0.2) is 16.6 Å². The van der Waals surface area contributed by atoms with Gasteiger partial charge in [0.1, 0.15) is 0 Å². The minimum Gasteiger partial charge on any atom is -0.481 e. The molecule has 0 aliphatic rings. The van der Waals surface area contributed by atoms with E-state index in [1.54, 1.807) is 12.1 Å². The quantitative estimate of drug-likeness (QED) is 0.870. The molecule has 0 aromatic heterocycles. The smallest absolute Gasteiger partial charge is 0.307 e. The molecule has 0 amide bonds. The summed E-state index contributed by atoms with van der Waals surface area (Å²) >= 11 is 3.19. The maximum absolute atomic E-state index is 10.5. The van der Waals surface area contributed by atoms with Crippen LogP contribution in [0.1, 0.15) is 16.7 Å². The van der Waals surface area contributed by atoms with Crippen molar-refractivity contribution in [3.63, 3.8) is 0 Å². The summed E-state index contributed by atoms with van der Waals surface area (Å²) in [7, 11) is 0. The van der Waals surface area contributed by atoms with E-state index < -0.39 is 5.97 Å². The minimum atomic E-state index is -1.00. The molecule has 1 rings (SSSR count). The Balaban J connectivity index is 3.30. The fourth-order valence-electron chi connectivity index (χ4n) is 1.28. The van der Waals surface area contributed by atoms with Gasteiger partial charge in [-0.3, -0.25) is 4.79 Å². The number of hydrogen-bond donors (Lipinski definition) is 2. The predicted octanol–water partition coefficient (Wildman–Crippen LogP) is 1.44. The van der Waals surface area contributed by atoms with Gasteiger partial charge in [-0.1, -0.05) is 22.0 Å². The zero-order valence-corrected chi connectivity index (χ0v) is 9.28. The Bertz CT molecular complexity index is 437. The van der Waals surface area contributed by atoms with E-state index in [1.165, 1.54) is 0 Å². The van der Waals surface area contributed by atoms with Gasteiger partial charge in [0.05, 0.1) is 24.7 Å². The van der Waals surface area contributed by atoms with Crippen molar-refractivity contribution in [3.8, 4) is 6.07 Å². The molecule has 0 saturated carbocycles. The molecule has 0 radical (unpaired) electrons. The van der Waals surface area contributed by atoms with E-state index in [9.17, 15) is 4.79 Å². The first-order chi connectivity index (χ1) is 7.10. The average Bonchev–Trinajstić information content (AvgIpc) is 2.19. The topological polar surface area (TPSA) is 81.3 Å². The van der Waals surface area contributed by atoms with Gasteiger partial charge in [-0.15, -0.1) is 0 Å². The lowest BCUT2D eigenvalue weighted by Crippen LogP contribution is -2.05. The van der Waals surface area contributed by atoms with E-state index >= 15 is 0 Å². The highest BCUT2D eigenvalue weighted by Gasteiger charge is 2.13. The molecule has 0 heterocycles. The Morgan fingerprint density at radius 2 is 2.20 bits per heavy atom. The van der Waals surface area contributed by atoms with Gasteiger partial charge in [0, 0.05) is 10.0 Å². The molecule has 0 bridgehead atoms. The summed E-state index contributed by atoms with van der Waals surface area (Å²) < 4.78 is 0.607. The Morgan fingerprint density at radius 3 is 2.67 bits per heavy atom. The van der Waals surface area contributed by atoms with Crippen molar-refractivity contribution in [2.45, 2.75) is 13.0 Å². The number of nitrogens with zero attached hydrogens (tertiary/aromatic N) is 1. The first-order valence-electron chi connectivity index (χ1n) is 4.13. The molecule has 1 aromatic carbocycles. The van der Waals surface area contributed by atoms with Crippen LogP contribution in [0.25, 0.3) is 0 Å². The maximum Gasteiger partial charge on any atom is 0.307 e. The van der Waals surface area contributed by atoms with E-state index in [4.69, 9.17) is 15.5 Å². The van der Waals surface area contributed by atoms with Gasteiger partial charge in [-0.05, 0) is 11.6 Å². The Morgan fingerprint density at radius 1 is 1.53 bits per heavy atom. The molecule has 5 heteroatoms. The maximum atomic E-state index is 10.5. The van der Waals surface area contributed by atoms with Gasteiger partial charge < -0.3 is 10.2 Å². The van der Waals surface area contributed by atoms with E-state index in [0.717, 1.165) is 0 Å². The van der Waals surface area contributed by atoms with Crippen LogP contribution in [-0.2, 0) is 17.8 Å². The molecule has 0 aliphatic carbocycles. The second-order valence-corrected chi connectivity index (χ2v) is 3.75. The second kappa shape index (κ2) is 4.91. The van der Waals surface area contributed by atoms with Crippen LogP contribution in [0, 0.1) is 11.3 Å². The fourth-order valence-corrected chi connectivity index (χ4v) is 1.73. The number of aliphatic hydroxyl groups excluding tert-OH is 1. The van der Waals surface area contributed by atoms with Gasteiger partial charge >= 0.3 is 5.97 Å². The van der Waals surface area contributed by atoms with Crippen LogP contribution in [-0.4, -0.2) is 16.2 Å². The van der Waals surface area contributed by atoms with E-state index in [1.807, 2.05) is 6.07 Å². The van der Waals surface area contributed by atoms with E-state index in [2.05, 4.69) is 15.9 Å². The van der Waals surface area contributed by atoms with Crippen LogP contribution < -0.4 is 0 Å². The van der Waals surface area contributed by atoms with Gasteiger partial charge in [0.15, 0.2) is 0 Å². The van der Waals surface area contributed by atoms with Crippen LogP contribution >= 0.6 is 15.9 Å². The van der Waals surface area contributed by atoms with Crippen molar-refractivity contribution in [2.24, 2.45) is 0 Å². The van der Waals surface area contributed by atoms with E-state index in [-0.39, 0.29) is 18.6 Å². The van der Waals surface area contributed by atoms with Gasteiger partial charge in [-0.2, -0.15) is 5.26 Å². The zero-order chi connectivity index (χ0) is 11.4. The lowest BCUT2D eigenvalue weighted by atomic mass is 10.0. The Kier molecular flexibility index (Phi) is 3.83. The van der Waals surface area contributed by atoms with Crippen molar-refractivity contribution in [1.29, 1.82) is 5.26 Å². The van der Waals surface area contributed by atoms with Crippen molar-refractivity contribution in [3.05, 3.63) is 33.3 Å². The number of hydrogen-bond acceptors (Lipinski definition) is 3. The molecular formula is C10H8BrNO3. The van der Waals surface area contributed by atoms with Crippen LogP contribution in [0.3, 0.4) is 0 Å². The van der Waals surface area contributed by atoms with Crippen molar-refractivity contribution < 1.29 is 15.0 Å². The standard InChI is InChI=1S/C10H8BrNO3/c11-9-2-1-6(3-10(14)15)7(4-12)8(9)5-13/h1-2,13H,3,5H2,(H,14,15). The Hall–Kier alpha value is -1.38. The number of rotatable bonds is 3. The van der Waals surface area contributed by atoms with Crippen molar-refractivity contribution in [1.82, 2.24) is 0 Å². The molecule has 0 atom stereocenters. The van der Waals surface area contributed by atoms with Crippen molar-refractivity contribution >= 4 is 21.9 Å². The largest absolute Gasteiger partial charge is 0.481 e. The average molecular weight is 270 g/mol. The monoisotopic (exact) mass is 269 g/mol. The summed E-state index contributed by atoms with van der Waals surface area (Å²) in [6.07, 6.45) is -0.219. The van der Waals surface area contributed by atoms with Gasteiger partial charge in [0.25, 0.3) is 0 Å². The number of aliphatic carboxylic acids is 1. The molecule has 15 heavy (non-hydrogen) atoms. The number of aliphatic hydroxyl groups is 1. The second-order valence-electron chi connectivity index (χ2n) is 2.90. The van der Waals surface area contributed by atoms with Crippen LogP contribution in [0.4, 0.5) is 0 Å². The molecule has 78 valence electrons. The number of carboxylic acid groups (broad SMARTS) is 1. The lowest BCUT2D eigenvalue weighted by molar-refractivity contribution is -0.136. The molecule has 1 aromatic rings. The summed E-state index contributed by atoms with van der Waals surface area (Å²) in [5.74, 6) is -1.00. The third kappa shape index (κ3) is 2.55.